The first-order chi connectivity index (χ1) is 14.1. The van der Waals surface area contributed by atoms with Gasteiger partial charge >= 0.3 is 0 Å². The van der Waals surface area contributed by atoms with Crippen molar-refractivity contribution in [1.29, 1.82) is 0 Å². The summed E-state index contributed by atoms with van der Waals surface area (Å²) in [5.41, 5.74) is 4.90. The predicted molar refractivity (Wildman–Crippen MR) is 119 cm³/mol. The lowest BCUT2D eigenvalue weighted by Crippen LogP contribution is -2.47. The van der Waals surface area contributed by atoms with Crippen LogP contribution in [-0.4, -0.2) is 41.4 Å². The molecule has 1 aliphatic rings. The normalized spacial score (nSPS) is 14.3. The largest absolute Gasteiger partial charge is 0.368 e. The molecule has 0 aliphatic carbocycles. The fraction of sp³-hybridized carbons (Fsp3) is 0.348. The Hall–Kier alpha value is -3.15. The maximum Gasteiger partial charge on any atom is 0.247 e. The Bertz CT molecular complexity index is 946. The van der Waals surface area contributed by atoms with E-state index in [9.17, 15) is 0 Å². The summed E-state index contributed by atoms with van der Waals surface area (Å²) in [6, 6.07) is 17.1. The standard InChI is InChI=1S/C23H28N6/c1-17(2)19-7-9-20(10-8-19)25-22-16-24-27-23(26-22)29-13-11-28(12-14-29)21-6-4-5-18(3)15-21/h4-10,15-17H,11-14H2,1-3H3,(H,25,26,27). The van der Waals surface area contributed by atoms with Crippen LogP contribution < -0.4 is 15.1 Å². The van der Waals surface area contributed by atoms with Crippen LogP contribution in [-0.2, 0) is 0 Å². The lowest BCUT2D eigenvalue weighted by molar-refractivity contribution is 0.635. The number of piperazine rings is 1. The smallest absolute Gasteiger partial charge is 0.247 e. The van der Waals surface area contributed by atoms with Crippen molar-refractivity contribution in [2.45, 2.75) is 26.7 Å². The van der Waals surface area contributed by atoms with Gasteiger partial charge in [-0.2, -0.15) is 10.1 Å². The van der Waals surface area contributed by atoms with Gasteiger partial charge in [-0.1, -0.05) is 38.1 Å². The number of anilines is 4. The first-order valence-electron chi connectivity index (χ1n) is 10.2. The minimum Gasteiger partial charge on any atom is -0.368 e. The quantitative estimate of drug-likeness (QED) is 0.700. The van der Waals surface area contributed by atoms with Gasteiger partial charge in [0.25, 0.3) is 0 Å². The highest BCUT2D eigenvalue weighted by Gasteiger charge is 2.20. The van der Waals surface area contributed by atoms with E-state index in [2.05, 4.69) is 99.6 Å². The second-order valence-corrected chi connectivity index (χ2v) is 7.86. The third kappa shape index (κ3) is 4.65. The zero-order valence-electron chi connectivity index (χ0n) is 17.3. The fourth-order valence-corrected chi connectivity index (χ4v) is 3.58. The summed E-state index contributed by atoms with van der Waals surface area (Å²) in [7, 11) is 0. The maximum absolute atomic E-state index is 4.68. The number of hydrogen-bond donors (Lipinski definition) is 1. The summed E-state index contributed by atoms with van der Waals surface area (Å²) in [6.07, 6.45) is 1.67. The van der Waals surface area contributed by atoms with E-state index in [1.54, 1.807) is 6.20 Å². The van der Waals surface area contributed by atoms with E-state index in [0.29, 0.717) is 17.7 Å². The van der Waals surface area contributed by atoms with Crippen LogP contribution in [0, 0.1) is 6.92 Å². The van der Waals surface area contributed by atoms with Gasteiger partial charge in [-0.3, -0.25) is 0 Å². The first-order valence-corrected chi connectivity index (χ1v) is 10.2. The van der Waals surface area contributed by atoms with Gasteiger partial charge < -0.3 is 15.1 Å². The van der Waals surface area contributed by atoms with E-state index in [1.165, 1.54) is 16.8 Å². The molecule has 4 rings (SSSR count). The Balaban J connectivity index is 1.40. The van der Waals surface area contributed by atoms with Crippen LogP contribution in [0.5, 0.6) is 0 Å². The molecule has 0 bridgehead atoms. The minimum atomic E-state index is 0.523. The molecular weight excluding hydrogens is 360 g/mol. The highest BCUT2D eigenvalue weighted by atomic mass is 15.4. The second kappa shape index (κ2) is 8.47. The summed E-state index contributed by atoms with van der Waals surface area (Å²) < 4.78 is 0. The van der Waals surface area contributed by atoms with Crippen molar-refractivity contribution in [3.05, 3.63) is 65.9 Å². The number of benzene rings is 2. The first kappa shape index (κ1) is 19.2. The van der Waals surface area contributed by atoms with Crippen LogP contribution in [0.1, 0.15) is 30.9 Å². The van der Waals surface area contributed by atoms with Gasteiger partial charge in [-0.15, -0.1) is 5.10 Å². The van der Waals surface area contributed by atoms with Gasteiger partial charge in [-0.05, 0) is 48.2 Å². The molecule has 29 heavy (non-hydrogen) atoms. The number of rotatable bonds is 5. The SMILES string of the molecule is Cc1cccc(N2CCN(c3nncc(Nc4ccc(C(C)C)cc4)n3)CC2)c1. The van der Waals surface area contributed by atoms with Crippen molar-refractivity contribution >= 4 is 23.1 Å². The molecule has 1 saturated heterocycles. The molecule has 0 atom stereocenters. The molecule has 1 aliphatic heterocycles. The lowest BCUT2D eigenvalue weighted by atomic mass is 10.0. The minimum absolute atomic E-state index is 0.523. The van der Waals surface area contributed by atoms with Crippen molar-refractivity contribution in [2.24, 2.45) is 0 Å². The van der Waals surface area contributed by atoms with Crippen LogP contribution in [0.3, 0.4) is 0 Å². The Labute approximate surface area is 172 Å². The molecule has 2 aromatic carbocycles. The molecule has 1 N–H and O–H groups in total. The number of aromatic nitrogens is 3. The van der Waals surface area contributed by atoms with E-state index in [4.69, 9.17) is 0 Å². The van der Waals surface area contributed by atoms with Crippen LogP contribution in [0.2, 0.25) is 0 Å². The fourth-order valence-electron chi connectivity index (χ4n) is 3.58. The number of nitrogens with one attached hydrogen (secondary N) is 1. The molecular formula is C23H28N6. The lowest BCUT2D eigenvalue weighted by Gasteiger charge is -2.36. The molecule has 2 heterocycles. The van der Waals surface area contributed by atoms with Crippen molar-refractivity contribution in [1.82, 2.24) is 15.2 Å². The summed E-state index contributed by atoms with van der Waals surface area (Å²) in [5.74, 6) is 1.92. The third-order valence-corrected chi connectivity index (χ3v) is 5.33. The van der Waals surface area contributed by atoms with Crippen molar-refractivity contribution in [2.75, 3.05) is 41.3 Å². The summed E-state index contributed by atoms with van der Waals surface area (Å²) in [5, 5.41) is 11.8. The average molecular weight is 389 g/mol. The molecule has 6 heteroatoms. The molecule has 3 aromatic rings. The van der Waals surface area contributed by atoms with Gasteiger partial charge in [0.15, 0.2) is 5.82 Å². The van der Waals surface area contributed by atoms with Gasteiger partial charge in [0.2, 0.25) is 5.95 Å². The molecule has 0 spiro atoms. The number of nitrogens with zero attached hydrogens (tertiary/aromatic N) is 5. The molecule has 0 unspecified atom stereocenters. The molecule has 6 nitrogen and oxygen atoms in total. The average Bonchev–Trinajstić information content (AvgIpc) is 2.74. The zero-order chi connectivity index (χ0) is 20.2. The van der Waals surface area contributed by atoms with Gasteiger partial charge in [0.05, 0.1) is 6.20 Å². The molecule has 0 radical (unpaired) electrons. The van der Waals surface area contributed by atoms with Crippen LogP contribution >= 0.6 is 0 Å². The van der Waals surface area contributed by atoms with Gasteiger partial charge in [0, 0.05) is 37.6 Å². The Kier molecular flexibility index (Phi) is 5.60. The highest BCUT2D eigenvalue weighted by Crippen LogP contribution is 2.22. The Morgan fingerprint density at radius 2 is 1.66 bits per heavy atom. The summed E-state index contributed by atoms with van der Waals surface area (Å²) in [4.78, 5) is 9.30. The zero-order valence-corrected chi connectivity index (χ0v) is 17.3. The highest BCUT2D eigenvalue weighted by molar-refractivity contribution is 5.57. The van der Waals surface area contributed by atoms with Gasteiger partial charge in [0.1, 0.15) is 0 Å². The van der Waals surface area contributed by atoms with Crippen molar-refractivity contribution in [3.8, 4) is 0 Å². The van der Waals surface area contributed by atoms with E-state index >= 15 is 0 Å². The van der Waals surface area contributed by atoms with E-state index in [1.807, 2.05) is 0 Å². The molecule has 1 fully saturated rings. The topological polar surface area (TPSA) is 57.2 Å². The molecule has 0 amide bonds. The monoisotopic (exact) mass is 388 g/mol. The number of aryl methyl sites for hydroxylation is 1. The molecule has 0 saturated carbocycles. The molecule has 150 valence electrons. The van der Waals surface area contributed by atoms with E-state index in [0.717, 1.165) is 31.9 Å². The molecule has 1 aromatic heterocycles. The maximum atomic E-state index is 4.68. The van der Waals surface area contributed by atoms with Crippen molar-refractivity contribution in [3.63, 3.8) is 0 Å². The summed E-state index contributed by atoms with van der Waals surface area (Å²) in [6.45, 7) is 10.2. The summed E-state index contributed by atoms with van der Waals surface area (Å²) >= 11 is 0. The third-order valence-electron chi connectivity index (χ3n) is 5.33. The van der Waals surface area contributed by atoms with E-state index < -0.39 is 0 Å². The van der Waals surface area contributed by atoms with Crippen LogP contribution in [0.4, 0.5) is 23.1 Å². The van der Waals surface area contributed by atoms with Gasteiger partial charge in [-0.25, -0.2) is 0 Å². The second-order valence-electron chi connectivity index (χ2n) is 7.86. The Morgan fingerprint density at radius 3 is 2.34 bits per heavy atom. The van der Waals surface area contributed by atoms with Crippen molar-refractivity contribution < 1.29 is 0 Å². The number of hydrogen-bond acceptors (Lipinski definition) is 6. The van der Waals surface area contributed by atoms with Crippen LogP contribution in [0.25, 0.3) is 0 Å². The Morgan fingerprint density at radius 1 is 0.931 bits per heavy atom. The van der Waals surface area contributed by atoms with Crippen LogP contribution in [0.15, 0.2) is 54.7 Å². The van der Waals surface area contributed by atoms with E-state index in [-0.39, 0.29) is 0 Å². The predicted octanol–water partition coefficient (Wildman–Crippen LogP) is 4.37.